The predicted octanol–water partition coefficient (Wildman–Crippen LogP) is 2.79. The van der Waals surface area contributed by atoms with Gasteiger partial charge in [0.25, 0.3) is 5.91 Å². The van der Waals surface area contributed by atoms with Gasteiger partial charge >= 0.3 is 5.97 Å². The summed E-state index contributed by atoms with van der Waals surface area (Å²) in [5.74, 6) is 0.340. The van der Waals surface area contributed by atoms with Crippen LogP contribution in [0.3, 0.4) is 0 Å². The maximum absolute atomic E-state index is 12.7. The average Bonchev–Trinajstić information content (AvgIpc) is 2.54. The Labute approximate surface area is 143 Å². The van der Waals surface area contributed by atoms with Crippen molar-refractivity contribution in [3.63, 3.8) is 0 Å². The molecule has 1 aromatic carbocycles. The van der Waals surface area contributed by atoms with Crippen LogP contribution in [0.2, 0.25) is 0 Å². The first kappa shape index (κ1) is 17.6. The molecule has 1 N–H and O–H groups in total. The summed E-state index contributed by atoms with van der Waals surface area (Å²) in [6.45, 7) is 1.13. The molecule has 1 aliphatic rings. The molecule has 0 bridgehead atoms. The van der Waals surface area contributed by atoms with Crippen LogP contribution in [0.15, 0.2) is 16.6 Å². The summed E-state index contributed by atoms with van der Waals surface area (Å²) < 4.78 is 11.2. The number of hydrogen-bond donors (Lipinski definition) is 1. The van der Waals surface area contributed by atoms with E-state index in [0.29, 0.717) is 47.5 Å². The molecule has 0 saturated carbocycles. The molecule has 1 heterocycles. The molecular formula is C16H20BrNO5. The fraction of sp³-hybridized carbons (Fsp3) is 0.500. The normalized spacial score (nSPS) is 15.3. The number of piperidine rings is 1. The van der Waals surface area contributed by atoms with Crippen molar-refractivity contribution in [1.29, 1.82) is 0 Å². The molecule has 6 nitrogen and oxygen atoms in total. The first-order valence-electron chi connectivity index (χ1n) is 7.38. The largest absolute Gasteiger partial charge is 0.495 e. The molecule has 126 valence electrons. The topological polar surface area (TPSA) is 76.1 Å². The number of carbonyl (C=O) groups is 2. The second-order valence-electron chi connectivity index (χ2n) is 5.53. The smallest absolute Gasteiger partial charge is 0.303 e. The zero-order chi connectivity index (χ0) is 17.0. The van der Waals surface area contributed by atoms with Gasteiger partial charge in [-0.3, -0.25) is 9.59 Å². The molecule has 0 aromatic heterocycles. The lowest BCUT2D eigenvalue weighted by Gasteiger charge is -2.31. The molecule has 23 heavy (non-hydrogen) atoms. The second kappa shape index (κ2) is 7.68. The summed E-state index contributed by atoms with van der Waals surface area (Å²) >= 11 is 3.38. The summed E-state index contributed by atoms with van der Waals surface area (Å²) in [4.78, 5) is 25.2. The number of ether oxygens (including phenoxy) is 2. The molecule has 2 rings (SSSR count). The summed E-state index contributed by atoms with van der Waals surface area (Å²) in [6, 6.07) is 3.36. The van der Waals surface area contributed by atoms with Gasteiger partial charge in [-0.2, -0.15) is 0 Å². The quantitative estimate of drug-likeness (QED) is 0.842. The number of rotatable bonds is 5. The van der Waals surface area contributed by atoms with Crippen LogP contribution in [0.5, 0.6) is 11.5 Å². The van der Waals surface area contributed by atoms with Gasteiger partial charge in [-0.05, 0) is 46.8 Å². The van der Waals surface area contributed by atoms with E-state index in [1.807, 2.05) is 0 Å². The Bertz CT molecular complexity index is 571. The number of benzene rings is 1. The van der Waals surface area contributed by atoms with Crippen LogP contribution >= 0.6 is 15.9 Å². The highest BCUT2D eigenvalue weighted by Crippen LogP contribution is 2.36. The van der Waals surface area contributed by atoms with Gasteiger partial charge in [-0.25, -0.2) is 0 Å². The highest BCUT2D eigenvalue weighted by molar-refractivity contribution is 9.10. The van der Waals surface area contributed by atoms with Gasteiger partial charge < -0.3 is 19.5 Å². The number of methoxy groups -OCH3 is 2. The number of carboxylic acids is 1. The van der Waals surface area contributed by atoms with E-state index in [1.54, 1.807) is 17.0 Å². The highest BCUT2D eigenvalue weighted by atomic mass is 79.9. The molecule has 1 fully saturated rings. The molecular weight excluding hydrogens is 366 g/mol. The van der Waals surface area contributed by atoms with Crippen molar-refractivity contribution in [2.45, 2.75) is 19.3 Å². The molecule has 1 saturated heterocycles. The van der Waals surface area contributed by atoms with Gasteiger partial charge in [0.15, 0.2) is 0 Å². The predicted molar refractivity (Wildman–Crippen MR) is 88.1 cm³/mol. The van der Waals surface area contributed by atoms with Crippen LogP contribution in [0, 0.1) is 5.92 Å². The third kappa shape index (κ3) is 4.16. The number of aliphatic carboxylic acids is 1. The van der Waals surface area contributed by atoms with E-state index < -0.39 is 5.97 Å². The van der Waals surface area contributed by atoms with Gasteiger partial charge in [0.2, 0.25) is 0 Å². The number of nitrogens with zero attached hydrogens (tertiary/aromatic N) is 1. The molecule has 0 radical (unpaired) electrons. The zero-order valence-electron chi connectivity index (χ0n) is 13.2. The summed E-state index contributed by atoms with van der Waals surface area (Å²) in [5.41, 5.74) is 0.499. The molecule has 0 aliphatic carbocycles. The minimum absolute atomic E-state index is 0.0946. The van der Waals surface area contributed by atoms with E-state index in [0.717, 1.165) is 0 Å². The van der Waals surface area contributed by atoms with Gasteiger partial charge in [0.1, 0.15) is 16.0 Å². The van der Waals surface area contributed by atoms with Crippen molar-refractivity contribution >= 4 is 27.8 Å². The van der Waals surface area contributed by atoms with Crippen LogP contribution < -0.4 is 9.47 Å². The first-order chi connectivity index (χ1) is 11.0. The fourth-order valence-electron chi connectivity index (χ4n) is 2.76. The summed E-state index contributed by atoms with van der Waals surface area (Å²) in [6.07, 6.45) is 1.59. The van der Waals surface area contributed by atoms with Crippen LogP contribution in [-0.4, -0.2) is 49.2 Å². The SMILES string of the molecule is COc1cc(C(=O)N2CCC(CC(=O)O)CC2)cc(OC)c1Br. The van der Waals surface area contributed by atoms with Crippen molar-refractivity contribution < 1.29 is 24.2 Å². The second-order valence-corrected chi connectivity index (χ2v) is 6.32. The number of likely N-dealkylation sites (tertiary alicyclic amines) is 1. The Morgan fingerprint density at radius 1 is 1.22 bits per heavy atom. The number of amides is 1. The van der Waals surface area contributed by atoms with Crippen molar-refractivity contribution in [2.24, 2.45) is 5.92 Å². The Balaban J connectivity index is 2.11. The lowest BCUT2D eigenvalue weighted by atomic mass is 9.93. The van der Waals surface area contributed by atoms with Gasteiger partial charge in [0, 0.05) is 25.1 Å². The number of carbonyl (C=O) groups excluding carboxylic acids is 1. The Hall–Kier alpha value is -1.76. The van der Waals surface area contributed by atoms with Crippen LogP contribution in [-0.2, 0) is 4.79 Å². The Kier molecular flexibility index (Phi) is 5.87. The minimum Gasteiger partial charge on any atom is -0.495 e. The number of hydrogen-bond acceptors (Lipinski definition) is 4. The fourth-order valence-corrected chi connectivity index (χ4v) is 3.32. The molecule has 7 heteroatoms. The van der Waals surface area contributed by atoms with Crippen LogP contribution in [0.25, 0.3) is 0 Å². The van der Waals surface area contributed by atoms with E-state index in [2.05, 4.69) is 15.9 Å². The standard InChI is InChI=1S/C16H20BrNO5/c1-22-12-8-11(9-13(23-2)15(12)17)16(21)18-5-3-10(4-6-18)7-14(19)20/h8-10H,3-7H2,1-2H3,(H,19,20). The van der Waals surface area contributed by atoms with Gasteiger partial charge in [-0.15, -0.1) is 0 Å². The molecule has 1 aromatic rings. The van der Waals surface area contributed by atoms with E-state index >= 15 is 0 Å². The van der Waals surface area contributed by atoms with E-state index in [1.165, 1.54) is 14.2 Å². The van der Waals surface area contributed by atoms with E-state index in [9.17, 15) is 9.59 Å². The minimum atomic E-state index is -0.780. The lowest BCUT2D eigenvalue weighted by Crippen LogP contribution is -2.38. The third-order valence-corrected chi connectivity index (χ3v) is 4.84. The van der Waals surface area contributed by atoms with E-state index in [4.69, 9.17) is 14.6 Å². The van der Waals surface area contributed by atoms with Gasteiger partial charge in [0.05, 0.1) is 14.2 Å². The van der Waals surface area contributed by atoms with Gasteiger partial charge in [-0.1, -0.05) is 0 Å². The summed E-state index contributed by atoms with van der Waals surface area (Å²) in [5, 5.41) is 8.85. The molecule has 0 atom stereocenters. The molecule has 1 aliphatic heterocycles. The Morgan fingerprint density at radius 3 is 2.17 bits per heavy atom. The van der Waals surface area contributed by atoms with Crippen molar-refractivity contribution in [1.82, 2.24) is 4.90 Å². The first-order valence-corrected chi connectivity index (χ1v) is 8.18. The zero-order valence-corrected chi connectivity index (χ0v) is 14.8. The number of halogens is 1. The highest BCUT2D eigenvalue weighted by Gasteiger charge is 2.26. The Morgan fingerprint density at radius 2 is 1.74 bits per heavy atom. The van der Waals surface area contributed by atoms with Crippen molar-refractivity contribution in [3.05, 3.63) is 22.2 Å². The molecule has 0 spiro atoms. The van der Waals surface area contributed by atoms with Crippen molar-refractivity contribution in [2.75, 3.05) is 27.3 Å². The van der Waals surface area contributed by atoms with Crippen molar-refractivity contribution in [3.8, 4) is 11.5 Å². The molecule has 1 amide bonds. The lowest BCUT2D eigenvalue weighted by molar-refractivity contribution is -0.138. The van der Waals surface area contributed by atoms with Crippen LogP contribution in [0.1, 0.15) is 29.6 Å². The average molecular weight is 386 g/mol. The van der Waals surface area contributed by atoms with E-state index in [-0.39, 0.29) is 18.2 Å². The maximum atomic E-state index is 12.7. The number of carboxylic acid groups (broad SMARTS) is 1. The third-order valence-electron chi connectivity index (χ3n) is 4.06. The monoisotopic (exact) mass is 385 g/mol. The molecule has 0 unspecified atom stereocenters. The van der Waals surface area contributed by atoms with Crippen LogP contribution in [0.4, 0.5) is 0 Å². The maximum Gasteiger partial charge on any atom is 0.303 e. The summed E-state index contributed by atoms with van der Waals surface area (Å²) in [7, 11) is 3.07.